The highest BCUT2D eigenvalue weighted by Crippen LogP contribution is 2.25. The van der Waals surface area contributed by atoms with Crippen molar-refractivity contribution in [2.45, 2.75) is 5.92 Å². The molecule has 3 heteroatoms. The van der Waals surface area contributed by atoms with Gasteiger partial charge in [0, 0.05) is 17.5 Å². The second kappa shape index (κ2) is 3.44. The molecule has 12 heavy (non-hydrogen) atoms. The molecule has 0 aromatic heterocycles. The van der Waals surface area contributed by atoms with Crippen molar-refractivity contribution < 1.29 is 4.84 Å². The predicted molar refractivity (Wildman–Crippen MR) is 48.1 cm³/mol. The minimum atomic E-state index is 0.402. The van der Waals surface area contributed by atoms with Crippen LogP contribution in [0.25, 0.3) is 0 Å². The Morgan fingerprint density at radius 2 is 2.25 bits per heavy atom. The van der Waals surface area contributed by atoms with Gasteiger partial charge in [0.1, 0.15) is 0 Å². The Balaban J connectivity index is 2.26. The quantitative estimate of drug-likeness (QED) is 0.719. The van der Waals surface area contributed by atoms with E-state index >= 15 is 0 Å². The second-order valence-corrected chi connectivity index (χ2v) is 3.29. The summed E-state index contributed by atoms with van der Waals surface area (Å²) >= 11 is 6.02. The van der Waals surface area contributed by atoms with Crippen molar-refractivity contribution in [1.29, 1.82) is 0 Å². The van der Waals surface area contributed by atoms with Crippen LogP contribution in [-0.4, -0.2) is 13.2 Å². The zero-order valence-electron chi connectivity index (χ0n) is 6.59. The highest BCUT2D eigenvalue weighted by Gasteiger charge is 2.19. The predicted octanol–water partition coefficient (Wildman–Crippen LogP) is 1.96. The number of rotatable bonds is 1. The molecule has 1 unspecified atom stereocenters. The van der Waals surface area contributed by atoms with E-state index in [0.29, 0.717) is 12.5 Å². The minimum absolute atomic E-state index is 0.402. The lowest BCUT2D eigenvalue weighted by atomic mass is 10.0. The first-order chi connectivity index (χ1) is 5.88. The highest BCUT2D eigenvalue weighted by atomic mass is 35.5. The van der Waals surface area contributed by atoms with Crippen LogP contribution >= 0.6 is 11.6 Å². The van der Waals surface area contributed by atoms with E-state index in [1.54, 1.807) is 0 Å². The van der Waals surface area contributed by atoms with Crippen molar-refractivity contribution in [3.8, 4) is 0 Å². The maximum absolute atomic E-state index is 6.02. The van der Waals surface area contributed by atoms with Gasteiger partial charge in [0.2, 0.25) is 0 Å². The van der Waals surface area contributed by atoms with Gasteiger partial charge in [0.05, 0.1) is 6.61 Å². The van der Waals surface area contributed by atoms with Crippen LogP contribution in [0.4, 0.5) is 0 Å². The average molecular weight is 184 g/mol. The van der Waals surface area contributed by atoms with Crippen molar-refractivity contribution in [2.24, 2.45) is 0 Å². The summed E-state index contributed by atoms with van der Waals surface area (Å²) in [6.07, 6.45) is 0. The Hall–Kier alpha value is -0.570. The van der Waals surface area contributed by atoms with Gasteiger partial charge in [-0.1, -0.05) is 29.8 Å². The van der Waals surface area contributed by atoms with Crippen molar-refractivity contribution >= 4 is 11.6 Å². The standard InChI is InChI=1S/C9H10ClNO/c10-9-4-2-1-3-8(9)7-5-11-12-6-7/h1-4,7,11H,5-6H2. The lowest BCUT2D eigenvalue weighted by Gasteiger charge is -2.07. The van der Waals surface area contributed by atoms with Gasteiger partial charge in [0.15, 0.2) is 0 Å². The molecular weight excluding hydrogens is 174 g/mol. The molecule has 0 radical (unpaired) electrons. The zero-order valence-corrected chi connectivity index (χ0v) is 7.34. The molecule has 1 fully saturated rings. The van der Waals surface area contributed by atoms with Gasteiger partial charge in [-0.25, -0.2) is 5.48 Å². The monoisotopic (exact) mass is 183 g/mol. The van der Waals surface area contributed by atoms with Gasteiger partial charge in [0.25, 0.3) is 0 Å². The zero-order chi connectivity index (χ0) is 8.39. The largest absolute Gasteiger partial charge is 0.301 e. The average Bonchev–Trinajstić information content (AvgIpc) is 2.57. The SMILES string of the molecule is Clc1ccccc1C1CNOC1. The summed E-state index contributed by atoms with van der Waals surface area (Å²) < 4.78 is 0. The molecule has 0 saturated carbocycles. The number of hydroxylamine groups is 1. The van der Waals surface area contributed by atoms with Gasteiger partial charge in [-0.05, 0) is 11.6 Å². The molecule has 1 heterocycles. The molecule has 0 aliphatic carbocycles. The molecular formula is C9H10ClNO. The Kier molecular flexibility index (Phi) is 2.30. The van der Waals surface area contributed by atoms with Gasteiger partial charge in [-0.2, -0.15) is 0 Å². The summed E-state index contributed by atoms with van der Waals surface area (Å²) in [6.45, 7) is 1.56. The fourth-order valence-corrected chi connectivity index (χ4v) is 1.67. The van der Waals surface area contributed by atoms with Crippen LogP contribution in [0, 0.1) is 0 Å². The van der Waals surface area contributed by atoms with Crippen LogP contribution < -0.4 is 5.48 Å². The van der Waals surface area contributed by atoms with Gasteiger partial charge < -0.3 is 4.84 Å². The molecule has 64 valence electrons. The Morgan fingerprint density at radius 1 is 1.42 bits per heavy atom. The second-order valence-electron chi connectivity index (χ2n) is 2.88. The molecule has 1 aromatic rings. The van der Waals surface area contributed by atoms with Crippen LogP contribution in [-0.2, 0) is 4.84 Å². The van der Waals surface area contributed by atoms with E-state index in [2.05, 4.69) is 5.48 Å². The van der Waals surface area contributed by atoms with E-state index in [0.717, 1.165) is 11.6 Å². The first-order valence-electron chi connectivity index (χ1n) is 3.97. The Bertz CT molecular complexity index is 271. The smallest absolute Gasteiger partial charge is 0.0764 e. The molecule has 0 spiro atoms. The molecule has 1 aromatic carbocycles. The van der Waals surface area contributed by atoms with Gasteiger partial charge in [-0.15, -0.1) is 0 Å². The molecule has 0 amide bonds. The summed E-state index contributed by atoms with van der Waals surface area (Å²) in [7, 11) is 0. The van der Waals surface area contributed by atoms with Gasteiger partial charge >= 0.3 is 0 Å². The first kappa shape index (κ1) is 8.05. The maximum Gasteiger partial charge on any atom is 0.0764 e. The summed E-state index contributed by atoms with van der Waals surface area (Å²) in [5, 5.41) is 0.829. The summed E-state index contributed by atoms with van der Waals surface area (Å²) in [5.41, 5.74) is 4.01. The van der Waals surface area contributed by atoms with Crippen molar-refractivity contribution in [3.63, 3.8) is 0 Å². The molecule has 2 nitrogen and oxygen atoms in total. The maximum atomic E-state index is 6.02. The fourth-order valence-electron chi connectivity index (χ4n) is 1.38. The van der Waals surface area contributed by atoms with Crippen LogP contribution in [0.1, 0.15) is 11.5 Å². The Morgan fingerprint density at radius 3 is 2.92 bits per heavy atom. The van der Waals surface area contributed by atoms with Crippen LogP contribution in [0.2, 0.25) is 5.02 Å². The fraction of sp³-hybridized carbons (Fsp3) is 0.333. The molecule has 2 rings (SSSR count). The van der Waals surface area contributed by atoms with E-state index in [-0.39, 0.29) is 0 Å². The van der Waals surface area contributed by atoms with E-state index in [1.165, 1.54) is 5.56 Å². The third kappa shape index (κ3) is 1.46. The number of nitrogens with one attached hydrogen (secondary N) is 1. The third-order valence-corrected chi connectivity index (χ3v) is 2.41. The minimum Gasteiger partial charge on any atom is -0.301 e. The Labute approximate surface area is 76.4 Å². The van der Waals surface area contributed by atoms with Crippen molar-refractivity contribution in [1.82, 2.24) is 5.48 Å². The molecule has 1 aliphatic rings. The lowest BCUT2D eigenvalue weighted by molar-refractivity contribution is 0.101. The van der Waals surface area contributed by atoms with Crippen LogP contribution in [0.15, 0.2) is 24.3 Å². The van der Waals surface area contributed by atoms with E-state index in [9.17, 15) is 0 Å². The summed E-state index contributed by atoms with van der Waals surface area (Å²) in [6, 6.07) is 7.90. The number of halogens is 1. The van der Waals surface area contributed by atoms with E-state index in [4.69, 9.17) is 16.4 Å². The lowest BCUT2D eigenvalue weighted by Crippen LogP contribution is -2.07. The van der Waals surface area contributed by atoms with Crippen molar-refractivity contribution in [3.05, 3.63) is 34.9 Å². The molecule has 1 N–H and O–H groups in total. The van der Waals surface area contributed by atoms with Crippen molar-refractivity contribution in [2.75, 3.05) is 13.2 Å². The molecule has 1 aliphatic heterocycles. The highest BCUT2D eigenvalue weighted by molar-refractivity contribution is 6.31. The van der Waals surface area contributed by atoms with Crippen LogP contribution in [0.3, 0.4) is 0 Å². The molecule has 1 atom stereocenters. The van der Waals surface area contributed by atoms with E-state index < -0.39 is 0 Å². The normalized spacial score (nSPS) is 22.9. The summed E-state index contributed by atoms with van der Waals surface area (Å²) in [4.78, 5) is 5.06. The third-order valence-electron chi connectivity index (χ3n) is 2.06. The van der Waals surface area contributed by atoms with E-state index in [1.807, 2.05) is 24.3 Å². The molecule has 1 saturated heterocycles. The topological polar surface area (TPSA) is 21.3 Å². The van der Waals surface area contributed by atoms with Gasteiger partial charge in [-0.3, -0.25) is 0 Å². The number of hydrogen-bond acceptors (Lipinski definition) is 2. The number of benzene rings is 1. The van der Waals surface area contributed by atoms with Crippen LogP contribution in [0.5, 0.6) is 0 Å². The first-order valence-corrected chi connectivity index (χ1v) is 4.35. The summed E-state index contributed by atoms with van der Waals surface area (Å²) in [5.74, 6) is 0.402. The number of hydrogen-bond donors (Lipinski definition) is 1. The molecule has 0 bridgehead atoms.